The number of hydroxylamine groups is 1. The summed E-state index contributed by atoms with van der Waals surface area (Å²) in [6.07, 6.45) is 9.64. The van der Waals surface area contributed by atoms with Crippen LogP contribution in [0.2, 0.25) is 0 Å². The summed E-state index contributed by atoms with van der Waals surface area (Å²) in [5.74, 6) is 1.48. The van der Waals surface area contributed by atoms with Crippen LogP contribution in [-0.2, 0) is 6.54 Å². The number of anilines is 1. The van der Waals surface area contributed by atoms with Gasteiger partial charge in [0.25, 0.3) is 0 Å². The zero-order chi connectivity index (χ0) is 32.9. The number of unbranched alkanes of at least 4 members (excludes halogenated alkanes) is 3. The van der Waals surface area contributed by atoms with Crippen molar-refractivity contribution in [2.45, 2.75) is 97.2 Å². The highest BCUT2D eigenvalue weighted by molar-refractivity contribution is 6.03. The van der Waals surface area contributed by atoms with Gasteiger partial charge < -0.3 is 36.3 Å². The molecular formula is C35H59N5O5. The molecule has 0 radical (unpaired) electrons. The number of benzene rings is 2. The predicted molar refractivity (Wildman–Crippen MR) is 183 cm³/mol. The van der Waals surface area contributed by atoms with Crippen LogP contribution >= 0.6 is 0 Å². The van der Waals surface area contributed by atoms with Crippen molar-refractivity contribution in [2.75, 3.05) is 51.4 Å². The van der Waals surface area contributed by atoms with Gasteiger partial charge >= 0.3 is 0 Å². The van der Waals surface area contributed by atoms with E-state index in [-0.39, 0.29) is 23.7 Å². The SMILES string of the molecule is CCCCCC(C)Oc1ccc2c(c1)N(O)C(C)CC2=O.COc1cc(CNCCCNCCCCNCCCN)ccc1O. The summed E-state index contributed by atoms with van der Waals surface area (Å²) in [5, 5.41) is 31.1. The number of fused-ring (bicyclic) bond motifs is 1. The molecule has 1 aliphatic rings. The van der Waals surface area contributed by atoms with Gasteiger partial charge in [0.15, 0.2) is 17.3 Å². The fraction of sp³-hybridized carbons (Fsp3) is 0.629. The molecule has 10 heteroatoms. The van der Waals surface area contributed by atoms with E-state index in [0.717, 1.165) is 77.1 Å². The van der Waals surface area contributed by atoms with Gasteiger partial charge in [0.05, 0.1) is 24.9 Å². The Morgan fingerprint density at radius 1 is 0.956 bits per heavy atom. The molecule has 0 spiro atoms. The van der Waals surface area contributed by atoms with E-state index in [2.05, 4.69) is 29.8 Å². The molecule has 254 valence electrons. The first kappa shape index (κ1) is 38.3. The van der Waals surface area contributed by atoms with Gasteiger partial charge in [0.2, 0.25) is 0 Å². The van der Waals surface area contributed by atoms with Crippen molar-refractivity contribution >= 4 is 11.5 Å². The molecule has 1 aliphatic heterocycles. The maximum absolute atomic E-state index is 12.0. The number of nitrogens with two attached hydrogens (primary N) is 1. The molecule has 0 bridgehead atoms. The Kier molecular flexibility index (Phi) is 19.2. The highest BCUT2D eigenvalue weighted by atomic mass is 16.5. The summed E-state index contributed by atoms with van der Waals surface area (Å²) < 4.78 is 11.0. The molecule has 2 atom stereocenters. The fourth-order valence-corrected chi connectivity index (χ4v) is 5.07. The Morgan fingerprint density at radius 2 is 1.64 bits per heavy atom. The molecule has 3 rings (SSSR count). The quantitative estimate of drug-likeness (QED) is 0.0996. The Balaban J connectivity index is 0.000000316. The third-order valence-corrected chi connectivity index (χ3v) is 7.76. The molecular weight excluding hydrogens is 570 g/mol. The van der Waals surface area contributed by atoms with Crippen LogP contribution in [0.1, 0.15) is 94.5 Å². The number of hydrogen-bond acceptors (Lipinski definition) is 10. The van der Waals surface area contributed by atoms with Crippen LogP contribution < -0.4 is 36.2 Å². The Morgan fingerprint density at radius 3 is 2.33 bits per heavy atom. The molecule has 0 saturated carbocycles. The molecule has 0 aromatic heterocycles. The number of ether oxygens (including phenoxy) is 2. The van der Waals surface area contributed by atoms with Crippen molar-refractivity contribution in [2.24, 2.45) is 5.73 Å². The number of carbonyl (C=O) groups is 1. The number of hydrogen-bond donors (Lipinski definition) is 6. The number of rotatable bonds is 21. The number of phenols is 1. The number of aromatic hydroxyl groups is 1. The van der Waals surface area contributed by atoms with Crippen LogP contribution in [0, 0.1) is 0 Å². The first-order valence-electron chi connectivity index (χ1n) is 16.8. The molecule has 7 N–H and O–H groups in total. The van der Waals surface area contributed by atoms with Crippen LogP contribution in [-0.4, -0.2) is 74.6 Å². The van der Waals surface area contributed by atoms with Gasteiger partial charge in [-0.15, -0.1) is 0 Å². The summed E-state index contributed by atoms with van der Waals surface area (Å²) in [6.45, 7) is 12.8. The normalized spacial score (nSPS) is 14.8. The number of Topliss-reactive ketones (excluding diaryl/α,β-unsaturated/α-hetero) is 1. The Bertz CT molecular complexity index is 1100. The molecule has 0 fully saturated rings. The smallest absolute Gasteiger partial charge is 0.167 e. The van der Waals surface area contributed by atoms with E-state index in [1.165, 1.54) is 30.7 Å². The highest BCUT2D eigenvalue weighted by Crippen LogP contribution is 2.33. The van der Waals surface area contributed by atoms with E-state index in [9.17, 15) is 15.1 Å². The van der Waals surface area contributed by atoms with Gasteiger partial charge in [-0.2, -0.15) is 0 Å². The van der Waals surface area contributed by atoms with Crippen molar-refractivity contribution in [3.8, 4) is 17.2 Å². The third-order valence-electron chi connectivity index (χ3n) is 7.76. The Labute approximate surface area is 271 Å². The lowest BCUT2D eigenvalue weighted by Crippen LogP contribution is -2.37. The first-order valence-corrected chi connectivity index (χ1v) is 16.8. The number of nitrogens with zero attached hydrogens (tertiary/aromatic N) is 1. The monoisotopic (exact) mass is 629 g/mol. The second-order valence-electron chi connectivity index (χ2n) is 11.8. The van der Waals surface area contributed by atoms with Gasteiger partial charge in [0.1, 0.15) is 5.75 Å². The second-order valence-corrected chi connectivity index (χ2v) is 11.8. The van der Waals surface area contributed by atoms with Crippen molar-refractivity contribution in [1.82, 2.24) is 16.0 Å². The summed E-state index contributed by atoms with van der Waals surface area (Å²) in [6, 6.07) is 10.6. The van der Waals surface area contributed by atoms with E-state index in [1.54, 1.807) is 25.3 Å². The number of methoxy groups -OCH3 is 1. The van der Waals surface area contributed by atoms with Gasteiger partial charge in [-0.3, -0.25) is 15.1 Å². The molecule has 0 saturated heterocycles. The summed E-state index contributed by atoms with van der Waals surface area (Å²) >= 11 is 0. The van der Waals surface area contributed by atoms with E-state index < -0.39 is 0 Å². The van der Waals surface area contributed by atoms with Crippen LogP contribution in [0.25, 0.3) is 0 Å². The van der Waals surface area contributed by atoms with Crippen molar-refractivity contribution in [3.05, 3.63) is 47.5 Å². The lowest BCUT2D eigenvalue weighted by atomic mass is 9.97. The molecule has 10 nitrogen and oxygen atoms in total. The van der Waals surface area contributed by atoms with Gasteiger partial charge in [0, 0.05) is 24.6 Å². The number of phenolic OH excluding ortho intramolecular Hbond substituents is 1. The van der Waals surface area contributed by atoms with Crippen molar-refractivity contribution in [1.29, 1.82) is 0 Å². The summed E-state index contributed by atoms with van der Waals surface area (Å²) in [4.78, 5) is 12.0. The lowest BCUT2D eigenvalue weighted by Gasteiger charge is -2.31. The largest absolute Gasteiger partial charge is 0.504 e. The minimum absolute atomic E-state index is 0.0744. The van der Waals surface area contributed by atoms with Gasteiger partial charge in [-0.1, -0.05) is 25.8 Å². The van der Waals surface area contributed by atoms with E-state index in [0.29, 0.717) is 29.2 Å². The minimum atomic E-state index is -0.192. The van der Waals surface area contributed by atoms with Crippen LogP contribution in [0.5, 0.6) is 17.2 Å². The second kappa shape index (κ2) is 22.6. The molecule has 0 amide bonds. The molecule has 0 aliphatic carbocycles. The first-order chi connectivity index (χ1) is 21.8. The van der Waals surface area contributed by atoms with Gasteiger partial charge in [-0.25, -0.2) is 0 Å². The third kappa shape index (κ3) is 14.8. The average molecular weight is 630 g/mol. The highest BCUT2D eigenvalue weighted by Gasteiger charge is 2.28. The maximum Gasteiger partial charge on any atom is 0.167 e. The van der Waals surface area contributed by atoms with E-state index in [1.807, 2.05) is 25.1 Å². The number of carbonyl (C=O) groups excluding carboxylic acids is 1. The van der Waals surface area contributed by atoms with E-state index >= 15 is 0 Å². The zero-order valence-corrected chi connectivity index (χ0v) is 28.1. The van der Waals surface area contributed by atoms with Gasteiger partial charge in [-0.05, 0) is 121 Å². The molecule has 2 aromatic carbocycles. The molecule has 2 aromatic rings. The van der Waals surface area contributed by atoms with Crippen molar-refractivity contribution in [3.63, 3.8) is 0 Å². The van der Waals surface area contributed by atoms with Crippen molar-refractivity contribution < 1.29 is 24.6 Å². The number of ketones is 1. The topological polar surface area (TPSA) is 141 Å². The Hall–Kier alpha value is -2.89. The maximum atomic E-state index is 12.0. The molecule has 45 heavy (non-hydrogen) atoms. The van der Waals surface area contributed by atoms with Crippen LogP contribution in [0.4, 0.5) is 5.69 Å². The van der Waals surface area contributed by atoms with E-state index in [4.69, 9.17) is 15.2 Å². The predicted octanol–water partition coefficient (Wildman–Crippen LogP) is 5.39. The molecule has 2 unspecified atom stereocenters. The van der Waals surface area contributed by atoms with Crippen LogP contribution in [0.15, 0.2) is 36.4 Å². The fourth-order valence-electron chi connectivity index (χ4n) is 5.07. The molecule has 1 heterocycles. The van der Waals surface area contributed by atoms with Crippen LogP contribution in [0.3, 0.4) is 0 Å². The minimum Gasteiger partial charge on any atom is -0.504 e. The standard InChI is InChI=1S/C18H34N4O2.C17H25NO3/c1-24-18-14-16(6-7-17(18)23)15-22-13-5-12-21-10-3-2-9-20-11-4-8-19;1-4-5-6-7-13(3)21-14-8-9-15-16(11-14)18(20)12(2)10-17(15)19/h6-7,14,20-23H,2-5,8-13,15,19H2,1H3;8-9,11-13,20H,4-7,10H2,1-3H3. The number of nitrogens with one attached hydrogen (secondary N) is 3. The summed E-state index contributed by atoms with van der Waals surface area (Å²) in [7, 11) is 1.56. The zero-order valence-electron chi connectivity index (χ0n) is 28.1. The summed E-state index contributed by atoms with van der Waals surface area (Å²) in [5.41, 5.74) is 7.67. The average Bonchev–Trinajstić information content (AvgIpc) is 3.03. The lowest BCUT2D eigenvalue weighted by molar-refractivity contribution is 0.0933.